The van der Waals surface area contributed by atoms with Crippen molar-refractivity contribution >= 4 is 27.5 Å². The minimum atomic E-state index is -0.404. The highest BCUT2D eigenvalue weighted by Crippen LogP contribution is 2.27. The SMILES string of the molecule is CCOC(=O)c1sc2nc(Cc3ccc(CC)cc3)[nH]c(=O)c2c1C. The van der Waals surface area contributed by atoms with Crippen LogP contribution < -0.4 is 5.56 Å². The van der Waals surface area contributed by atoms with Crippen molar-refractivity contribution in [2.45, 2.75) is 33.6 Å². The van der Waals surface area contributed by atoms with Crippen LogP contribution in [0.15, 0.2) is 29.1 Å². The molecule has 0 aliphatic carbocycles. The third kappa shape index (κ3) is 3.49. The van der Waals surface area contributed by atoms with E-state index in [0.717, 1.165) is 12.0 Å². The van der Waals surface area contributed by atoms with Gasteiger partial charge in [-0.3, -0.25) is 4.79 Å². The monoisotopic (exact) mass is 356 g/mol. The molecule has 6 heteroatoms. The number of thiophene rings is 1. The zero-order chi connectivity index (χ0) is 18.0. The number of benzene rings is 1. The number of rotatable bonds is 5. The normalized spacial score (nSPS) is 11.0. The van der Waals surface area contributed by atoms with Crippen molar-refractivity contribution in [3.8, 4) is 0 Å². The van der Waals surface area contributed by atoms with Gasteiger partial charge >= 0.3 is 5.97 Å². The van der Waals surface area contributed by atoms with E-state index in [0.29, 0.717) is 39.5 Å². The van der Waals surface area contributed by atoms with Crippen molar-refractivity contribution in [3.63, 3.8) is 0 Å². The quantitative estimate of drug-likeness (QED) is 0.709. The molecule has 3 rings (SSSR count). The summed E-state index contributed by atoms with van der Waals surface area (Å²) in [7, 11) is 0. The maximum atomic E-state index is 12.5. The molecule has 0 saturated heterocycles. The van der Waals surface area contributed by atoms with Crippen molar-refractivity contribution in [2.24, 2.45) is 0 Å². The molecule has 0 fully saturated rings. The molecular weight excluding hydrogens is 336 g/mol. The second kappa shape index (κ2) is 7.19. The molecule has 0 spiro atoms. The van der Waals surface area contributed by atoms with Gasteiger partial charge in [-0.25, -0.2) is 9.78 Å². The van der Waals surface area contributed by atoms with Gasteiger partial charge in [0, 0.05) is 6.42 Å². The van der Waals surface area contributed by atoms with Gasteiger partial charge in [-0.05, 0) is 37.0 Å². The Balaban J connectivity index is 1.98. The minimum Gasteiger partial charge on any atom is -0.462 e. The molecule has 2 aromatic heterocycles. The molecule has 0 unspecified atom stereocenters. The lowest BCUT2D eigenvalue weighted by atomic mass is 10.1. The van der Waals surface area contributed by atoms with Crippen LogP contribution in [0.3, 0.4) is 0 Å². The summed E-state index contributed by atoms with van der Waals surface area (Å²) in [5, 5.41) is 0.470. The molecule has 0 saturated carbocycles. The summed E-state index contributed by atoms with van der Waals surface area (Å²) in [4.78, 5) is 32.9. The standard InChI is InChI=1S/C19H20N2O3S/c1-4-12-6-8-13(9-7-12)10-14-20-17(22)15-11(3)16(19(23)24-5-2)25-18(15)21-14/h6-9H,4-5,10H2,1-3H3,(H,20,21,22). The Bertz CT molecular complexity index is 971. The zero-order valence-electron chi connectivity index (χ0n) is 14.5. The third-order valence-corrected chi connectivity index (χ3v) is 5.28. The van der Waals surface area contributed by atoms with E-state index in [1.807, 2.05) is 12.1 Å². The van der Waals surface area contributed by atoms with Crippen LogP contribution in [0, 0.1) is 6.92 Å². The molecule has 2 heterocycles. The van der Waals surface area contributed by atoms with E-state index in [1.54, 1.807) is 13.8 Å². The highest BCUT2D eigenvalue weighted by atomic mass is 32.1. The Kier molecular flexibility index (Phi) is 4.99. The van der Waals surface area contributed by atoms with E-state index < -0.39 is 5.97 Å². The summed E-state index contributed by atoms with van der Waals surface area (Å²) in [6.07, 6.45) is 1.54. The maximum Gasteiger partial charge on any atom is 0.348 e. The molecule has 0 atom stereocenters. The van der Waals surface area contributed by atoms with Crippen molar-refractivity contribution in [1.29, 1.82) is 0 Å². The average molecular weight is 356 g/mol. The summed E-state index contributed by atoms with van der Waals surface area (Å²) < 4.78 is 5.06. The van der Waals surface area contributed by atoms with Crippen LogP contribution in [-0.2, 0) is 17.6 Å². The summed E-state index contributed by atoms with van der Waals surface area (Å²) in [5.41, 5.74) is 2.77. The van der Waals surface area contributed by atoms with Gasteiger partial charge in [0.25, 0.3) is 5.56 Å². The lowest BCUT2D eigenvalue weighted by Gasteiger charge is -2.03. The van der Waals surface area contributed by atoms with Gasteiger partial charge < -0.3 is 9.72 Å². The van der Waals surface area contributed by atoms with Gasteiger partial charge in [0.1, 0.15) is 15.5 Å². The van der Waals surface area contributed by atoms with Crippen LogP contribution in [0.5, 0.6) is 0 Å². The molecule has 1 aromatic carbocycles. The number of aryl methyl sites for hydroxylation is 2. The van der Waals surface area contributed by atoms with Crippen LogP contribution in [0.1, 0.15) is 46.0 Å². The fourth-order valence-corrected chi connectivity index (χ4v) is 3.84. The molecule has 3 aromatic rings. The van der Waals surface area contributed by atoms with Crippen molar-refractivity contribution in [1.82, 2.24) is 9.97 Å². The number of nitrogens with zero attached hydrogens (tertiary/aromatic N) is 1. The van der Waals surface area contributed by atoms with Crippen LogP contribution in [0.2, 0.25) is 0 Å². The first-order valence-corrected chi connectivity index (χ1v) is 9.12. The number of aromatic amines is 1. The van der Waals surface area contributed by atoms with Gasteiger partial charge in [0.05, 0.1) is 12.0 Å². The summed E-state index contributed by atoms with van der Waals surface area (Å²) in [6, 6.07) is 8.26. The summed E-state index contributed by atoms with van der Waals surface area (Å²) in [5.74, 6) is 0.192. The molecule has 0 amide bonds. The van der Waals surface area contributed by atoms with Crippen LogP contribution in [-0.4, -0.2) is 22.5 Å². The highest BCUT2D eigenvalue weighted by molar-refractivity contribution is 7.20. The van der Waals surface area contributed by atoms with Gasteiger partial charge in [-0.15, -0.1) is 11.3 Å². The van der Waals surface area contributed by atoms with Gasteiger partial charge in [0.15, 0.2) is 0 Å². The van der Waals surface area contributed by atoms with Crippen molar-refractivity contribution < 1.29 is 9.53 Å². The van der Waals surface area contributed by atoms with Crippen LogP contribution in [0.4, 0.5) is 0 Å². The minimum absolute atomic E-state index is 0.213. The van der Waals surface area contributed by atoms with Crippen molar-refractivity contribution in [2.75, 3.05) is 6.61 Å². The Labute approximate surface area is 149 Å². The van der Waals surface area contributed by atoms with Crippen molar-refractivity contribution in [3.05, 3.63) is 62.0 Å². The average Bonchev–Trinajstić information content (AvgIpc) is 2.93. The molecule has 25 heavy (non-hydrogen) atoms. The predicted molar refractivity (Wildman–Crippen MR) is 99.6 cm³/mol. The number of hydrogen-bond donors (Lipinski definition) is 1. The van der Waals surface area contributed by atoms with E-state index >= 15 is 0 Å². The Morgan fingerprint density at radius 2 is 1.88 bits per heavy atom. The molecule has 5 nitrogen and oxygen atoms in total. The number of aromatic nitrogens is 2. The molecule has 0 aliphatic rings. The number of nitrogens with one attached hydrogen (secondary N) is 1. The molecular formula is C19H20N2O3S. The van der Waals surface area contributed by atoms with E-state index in [2.05, 4.69) is 29.0 Å². The first-order chi connectivity index (χ1) is 12.0. The molecule has 1 N–H and O–H groups in total. The number of fused-ring (bicyclic) bond motifs is 1. The van der Waals surface area contributed by atoms with E-state index in [9.17, 15) is 9.59 Å². The number of carbonyl (C=O) groups is 1. The second-order valence-corrected chi connectivity index (χ2v) is 6.82. The van der Waals surface area contributed by atoms with E-state index in [4.69, 9.17) is 4.74 Å². The highest BCUT2D eigenvalue weighted by Gasteiger charge is 2.20. The topological polar surface area (TPSA) is 72.0 Å². The van der Waals surface area contributed by atoms with E-state index in [1.165, 1.54) is 16.9 Å². The Morgan fingerprint density at radius 1 is 1.20 bits per heavy atom. The fourth-order valence-electron chi connectivity index (χ4n) is 2.75. The first-order valence-electron chi connectivity index (χ1n) is 8.30. The van der Waals surface area contributed by atoms with Gasteiger partial charge in [0.2, 0.25) is 0 Å². The lowest BCUT2D eigenvalue weighted by Crippen LogP contribution is -2.12. The number of carbonyl (C=O) groups excluding carboxylic acids is 1. The van der Waals surface area contributed by atoms with E-state index in [-0.39, 0.29) is 5.56 Å². The van der Waals surface area contributed by atoms with Crippen LogP contribution >= 0.6 is 11.3 Å². The molecule has 130 valence electrons. The summed E-state index contributed by atoms with van der Waals surface area (Å²) >= 11 is 1.21. The van der Waals surface area contributed by atoms with Gasteiger partial charge in [-0.1, -0.05) is 31.2 Å². The number of esters is 1. The number of hydrogen-bond acceptors (Lipinski definition) is 5. The largest absolute Gasteiger partial charge is 0.462 e. The smallest absolute Gasteiger partial charge is 0.348 e. The number of H-pyrrole nitrogens is 1. The fraction of sp³-hybridized carbons (Fsp3) is 0.316. The predicted octanol–water partition coefficient (Wildman–Crippen LogP) is 3.62. The lowest BCUT2D eigenvalue weighted by molar-refractivity contribution is 0.0531. The second-order valence-electron chi connectivity index (χ2n) is 5.82. The Morgan fingerprint density at radius 3 is 2.52 bits per heavy atom. The zero-order valence-corrected chi connectivity index (χ0v) is 15.3. The number of ether oxygens (including phenoxy) is 1. The maximum absolute atomic E-state index is 12.5. The third-order valence-electron chi connectivity index (χ3n) is 4.11. The van der Waals surface area contributed by atoms with Crippen LogP contribution in [0.25, 0.3) is 10.2 Å². The molecule has 0 aliphatic heterocycles. The molecule has 0 radical (unpaired) electrons. The molecule has 0 bridgehead atoms. The summed E-state index contributed by atoms with van der Waals surface area (Å²) in [6.45, 7) is 5.93. The first kappa shape index (κ1) is 17.4. The Hall–Kier alpha value is -2.47. The van der Waals surface area contributed by atoms with Gasteiger partial charge in [-0.2, -0.15) is 0 Å².